The van der Waals surface area contributed by atoms with Crippen LogP contribution >= 0.6 is 0 Å². The monoisotopic (exact) mass is 282 g/mol. The molecule has 1 atom stereocenters. The first-order valence-electron chi connectivity index (χ1n) is 6.67. The molecule has 0 aliphatic heterocycles. The van der Waals surface area contributed by atoms with Crippen molar-refractivity contribution < 1.29 is 9.84 Å². The maximum Gasteiger partial charge on any atom is 0.126 e. The van der Waals surface area contributed by atoms with Gasteiger partial charge in [0.2, 0.25) is 0 Å². The Morgan fingerprint density at radius 1 is 1.24 bits per heavy atom. The Bertz CT molecular complexity index is 675. The van der Waals surface area contributed by atoms with Gasteiger partial charge in [0, 0.05) is 18.3 Å². The summed E-state index contributed by atoms with van der Waals surface area (Å²) in [5.74, 6) is 0.644. The number of nitrogens with zero attached hydrogens (tertiary/aromatic N) is 2. The zero-order valence-corrected chi connectivity index (χ0v) is 12.4. The molecule has 0 amide bonds. The van der Waals surface area contributed by atoms with Crippen molar-refractivity contribution >= 4 is 11.4 Å². The van der Waals surface area contributed by atoms with Gasteiger partial charge in [-0.3, -0.25) is 0 Å². The Hall–Kier alpha value is -2.51. The topological polar surface area (TPSA) is 56.5 Å². The Morgan fingerprint density at radius 3 is 2.57 bits per heavy atom. The SMILES string of the molecule is COc1cccc(N(C)c2cccc(C#N)c2)c1[C@H](C)O. The average molecular weight is 282 g/mol. The Balaban J connectivity index is 2.52. The molecular formula is C17H18N2O2. The highest BCUT2D eigenvalue weighted by molar-refractivity contribution is 5.69. The van der Waals surface area contributed by atoms with Crippen LogP contribution in [0.2, 0.25) is 0 Å². The van der Waals surface area contributed by atoms with Gasteiger partial charge in [-0.1, -0.05) is 12.1 Å². The third-order valence-electron chi connectivity index (χ3n) is 3.40. The summed E-state index contributed by atoms with van der Waals surface area (Å²) in [4.78, 5) is 1.94. The lowest BCUT2D eigenvalue weighted by Gasteiger charge is -2.25. The van der Waals surface area contributed by atoms with E-state index in [1.807, 2.05) is 48.3 Å². The predicted octanol–water partition coefficient (Wildman–Crippen LogP) is 3.39. The Kier molecular flexibility index (Phi) is 4.46. The van der Waals surface area contributed by atoms with Gasteiger partial charge in [-0.05, 0) is 37.3 Å². The van der Waals surface area contributed by atoms with Gasteiger partial charge in [-0.15, -0.1) is 0 Å². The van der Waals surface area contributed by atoms with E-state index in [0.717, 1.165) is 16.9 Å². The molecule has 0 saturated heterocycles. The first kappa shape index (κ1) is 14.9. The second kappa shape index (κ2) is 6.29. The van der Waals surface area contributed by atoms with Crippen molar-refractivity contribution in [2.45, 2.75) is 13.0 Å². The summed E-state index contributed by atoms with van der Waals surface area (Å²) in [6.45, 7) is 1.71. The van der Waals surface area contributed by atoms with Crippen LogP contribution in [0.15, 0.2) is 42.5 Å². The van der Waals surface area contributed by atoms with Crippen LogP contribution in [0.5, 0.6) is 5.75 Å². The van der Waals surface area contributed by atoms with Gasteiger partial charge in [0.15, 0.2) is 0 Å². The molecule has 0 aliphatic carbocycles. The van der Waals surface area contributed by atoms with E-state index < -0.39 is 6.10 Å². The fourth-order valence-electron chi connectivity index (χ4n) is 2.35. The van der Waals surface area contributed by atoms with Crippen molar-refractivity contribution in [2.24, 2.45) is 0 Å². The molecule has 0 saturated carbocycles. The third-order valence-corrected chi connectivity index (χ3v) is 3.40. The standard InChI is InChI=1S/C17H18N2O2/c1-12(20)17-15(8-5-9-16(17)21-3)19(2)14-7-4-6-13(10-14)11-18/h4-10,12,20H,1-3H3/t12-/m0/s1. The second-order valence-corrected chi connectivity index (χ2v) is 4.79. The summed E-state index contributed by atoms with van der Waals surface area (Å²) in [5.41, 5.74) is 3.05. The Morgan fingerprint density at radius 2 is 1.95 bits per heavy atom. The van der Waals surface area contributed by atoms with Gasteiger partial charge in [-0.2, -0.15) is 5.26 Å². The minimum Gasteiger partial charge on any atom is -0.496 e. The lowest BCUT2D eigenvalue weighted by Crippen LogP contribution is -2.13. The van der Waals surface area contributed by atoms with Crippen molar-refractivity contribution in [1.82, 2.24) is 0 Å². The molecule has 0 fully saturated rings. The van der Waals surface area contributed by atoms with Crippen LogP contribution in [-0.4, -0.2) is 19.3 Å². The van der Waals surface area contributed by atoms with Gasteiger partial charge in [0.1, 0.15) is 5.75 Å². The normalized spacial score (nSPS) is 11.6. The smallest absolute Gasteiger partial charge is 0.126 e. The molecule has 0 radical (unpaired) electrons. The highest BCUT2D eigenvalue weighted by Crippen LogP contribution is 2.37. The van der Waals surface area contributed by atoms with Gasteiger partial charge < -0.3 is 14.7 Å². The number of hydrogen-bond acceptors (Lipinski definition) is 4. The molecule has 0 spiro atoms. The van der Waals surface area contributed by atoms with Crippen LogP contribution in [0.25, 0.3) is 0 Å². The summed E-state index contributed by atoms with van der Waals surface area (Å²) >= 11 is 0. The molecule has 1 N–H and O–H groups in total. The molecule has 0 heterocycles. The molecular weight excluding hydrogens is 264 g/mol. The fourth-order valence-corrected chi connectivity index (χ4v) is 2.35. The van der Waals surface area contributed by atoms with E-state index in [1.165, 1.54) is 0 Å². The van der Waals surface area contributed by atoms with Crippen molar-refractivity contribution in [3.8, 4) is 11.8 Å². The van der Waals surface area contributed by atoms with E-state index in [0.29, 0.717) is 11.3 Å². The fraction of sp³-hybridized carbons (Fsp3) is 0.235. The van der Waals surface area contributed by atoms with E-state index in [2.05, 4.69) is 6.07 Å². The maximum absolute atomic E-state index is 10.1. The van der Waals surface area contributed by atoms with Gasteiger partial charge in [-0.25, -0.2) is 0 Å². The molecule has 4 nitrogen and oxygen atoms in total. The van der Waals surface area contributed by atoms with Gasteiger partial charge >= 0.3 is 0 Å². The molecule has 4 heteroatoms. The lowest BCUT2D eigenvalue weighted by molar-refractivity contribution is 0.195. The molecule has 21 heavy (non-hydrogen) atoms. The zero-order chi connectivity index (χ0) is 15.4. The number of aliphatic hydroxyl groups is 1. The molecule has 2 aromatic rings. The number of aliphatic hydroxyl groups excluding tert-OH is 1. The first-order valence-corrected chi connectivity index (χ1v) is 6.67. The number of methoxy groups -OCH3 is 1. The number of hydrogen-bond donors (Lipinski definition) is 1. The van der Waals surface area contributed by atoms with Crippen molar-refractivity contribution in [2.75, 3.05) is 19.1 Å². The van der Waals surface area contributed by atoms with E-state index >= 15 is 0 Å². The molecule has 0 unspecified atom stereocenters. The highest BCUT2D eigenvalue weighted by Gasteiger charge is 2.17. The van der Waals surface area contributed by atoms with Crippen molar-refractivity contribution in [3.63, 3.8) is 0 Å². The van der Waals surface area contributed by atoms with Crippen LogP contribution in [0.1, 0.15) is 24.2 Å². The largest absolute Gasteiger partial charge is 0.496 e. The average Bonchev–Trinajstić information content (AvgIpc) is 2.53. The maximum atomic E-state index is 10.1. The molecule has 108 valence electrons. The van der Waals surface area contributed by atoms with Gasteiger partial charge in [0.25, 0.3) is 0 Å². The van der Waals surface area contributed by atoms with Gasteiger partial charge in [0.05, 0.1) is 30.5 Å². The zero-order valence-electron chi connectivity index (χ0n) is 12.4. The van der Waals surface area contributed by atoms with E-state index in [-0.39, 0.29) is 0 Å². The third kappa shape index (κ3) is 2.99. The molecule has 0 aliphatic rings. The summed E-state index contributed by atoms with van der Waals surface area (Å²) < 4.78 is 5.34. The van der Waals surface area contributed by atoms with Crippen LogP contribution < -0.4 is 9.64 Å². The van der Waals surface area contributed by atoms with E-state index in [9.17, 15) is 5.11 Å². The van der Waals surface area contributed by atoms with Crippen molar-refractivity contribution in [3.05, 3.63) is 53.6 Å². The quantitative estimate of drug-likeness (QED) is 0.934. The molecule has 2 aromatic carbocycles. The number of rotatable bonds is 4. The first-order chi connectivity index (χ1) is 10.1. The number of anilines is 2. The molecule has 0 aromatic heterocycles. The minimum atomic E-state index is -0.655. The number of nitriles is 1. The summed E-state index contributed by atoms with van der Waals surface area (Å²) in [6, 6.07) is 15.1. The van der Waals surface area contributed by atoms with Crippen LogP contribution in [0.4, 0.5) is 11.4 Å². The highest BCUT2D eigenvalue weighted by atomic mass is 16.5. The van der Waals surface area contributed by atoms with Crippen molar-refractivity contribution in [1.29, 1.82) is 5.26 Å². The number of ether oxygens (including phenoxy) is 1. The summed E-state index contributed by atoms with van der Waals surface area (Å²) in [6.07, 6.45) is -0.655. The van der Waals surface area contributed by atoms with Crippen LogP contribution in [-0.2, 0) is 0 Å². The molecule has 0 bridgehead atoms. The summed E-state index contributed by atoms with van der Waals surface area (Å²) in [5, 5.41) is 19.1. The van der Waals surface area contributed by atoms with Crippen LogP contribution in [0, 0.1) is 11.3 Å². The Labute approximate surface area is 124 Å². The van der Waals surface area contributed by atoms with Crippen LogP contribution in [0.3, 0.4) is 0 Å². The predicted molar refractivity (Wildman–Crippen MR) is 82.8 cm³/mol. The van der Waals surface area contributed by atoms with E-state index in [1.54, 1.807) is 20.1 Å². The number of benzene rings is 2. The summed E-state index contributed by atoms with van der Waals surface area (Å²) in [7, 11) is 3.48. The van der Waals surface area contributed by atoms with E-state index in [4.69, 9.17) is 10.00 Å². The second-order valence-electron chi connectivity index (χ2n) is 4.79. The molecule has 2 rings (SSSR count). The lowest BCUT2D eigenvalue weighted by atomic mass is 10.1. The minimum absolute atomic E-state index is 0.598.